The van der Waals surface area contributed by atoms with Crippen molar-refractivity contribution in [1.82, 2.24) is 9.97 Å². The molecule has 0 amide bonds. The van der Waals surface area contributed by atoms with Crippen molar-refractivity contribution in [3.8, 4) is 23.2 Å². The van der Waals surface area contributed by atoms with Crippen molar-refractivity contribution in [2.45, 2.75) is 19.4 Å². The Labute approximate surface area is 110 Å². The van der Waals surface area contributed by atoms with Gasteiger partial charge in [0.15, 0.2) is 0 Å². The summed E-state index contributed by atoms with van der Waals surface area (Å²) in [5.41, 5.74) is 0.481. The highest BCUT2D eigenvalue weighted by molar-refractivity contribution is 5.63. The van der Waals surface area contributed by atoms with Crippen LogP contribution in [0.15, 0.2) is 41.3 Å². The van der Waals surface area contributed by atoms with Crippen LogP contribution in [-0.2, 0) is 0 Å². The van der Waals surface area contributed by atoms with Crippen molar-refractivity contribution in [3.63, 3.8) is 0 Å². The van der Waals surface area contributed by atoms with E-state index in [9.17, 15) is 4.79 Å². The van der Waals surface area contributed by atoms with Crippen molar-refractivity contribution in [2.24, 2.45) is 0 Å². The molecule has 2 aromatic rings. The minimum absolute atomic E-state index is 0.218. The van der Waals surface area contributed by atoms with E-state index in [0.717, 1.165) is 0 Å². The molecule has 2 rings (SSSR count). The molecule has 0 aliphatic heterocycles. The number of nitrogens with one attached hydrogen (secondary N) is 1. The average Bonchev–Trinajstić information content (AvgIpc) is 2.39. The number of nitrogens with zero attached hydrogens (tertiary/aromatic N) is 2. The van der Waals surface area contributed by atoms with E-state index in [0.29, 0.717) is 23.6 Å². The number of aromatic nitrogens is 2. The molecule has 1 unspecified atom stereocenters. The zero-order valence-corrected chi connectivity index (χ0v) is 10.5. The number of H-pyrrole nitrogens is 1. The molecule has 0 saturated carbocycles. The van der Waals surface area contributed by atoms with Crippen LogP contribution < -0.4 is 10.3 Å². The summed E-state index contributed by atoms with van der Waals surface area (Å²) in [4.78, 5) is 18.1. The molecular weight excluding hydrogens is 242 g/mol. The smallest absolute Gasteiger partial charge is 0.251 e. The molecule has 0 radical (unpaired) electrons. The van der Waals surface area contributed by atoms with Crippen molar-refractivity contribution < 1.29 is 4.74 Å². The lowest BCUT2D eigenvalue weighted by atomic mass is 10.2. The maximum atomic E-state index is 11.3. The Kier molecular flexibility index (Phi) is 3.94. The highest BCUT2D eigenvalue weighted by atomic mass is 16.5. The van der Waals surface area contributed by atoms with Crippen LogP contribution in [0.2, 0.25) is 0 Å². The van der Waals surface area contributed by atoms with Gasteiger partial charge in [-0.1, -0.05) is 12.1 Å². The number of ether oxygens (including phenoxy) is 1. The van der Waals surface area contributed by atoms with Gasteiger partial charge in [0.1, 0.15) is 17.7 Å². The molecule has 19 heavy (non-hydrogen) atoms. The largest absolute Gasteiger partial charge is 0.489 e. The Balaban J connectivity index is 2.36. The molecule has 0 spiro atoms. The van der Waals surface area contributed by atoms with Crippen LogP contribution in [0.5, 0.6) is 5.75 Å². The first-order valence-electron chi connectivity index (χ1n) is 5.89. The van der Waals surface area contributed by atoms with Crippen molar-refractivity contribution in [2.75, 3.05) is 0 Å². The lowest BCUT2D eigenvalue weighted by Crippen LogP contribution is -2.12. The van der Waals surface area contributed by atoms with E-state index in [-0.39, 0.29) is 11.7 Å². The molecule has 0 bridgehead atoms. The van der Waals surface area contributed by atoms with Crippen molar-refractivity contribution >= 4 is 0 Å². The fraction of sp³-hybridized carbons (Fsp3) is 0.214. The van der Waals surface area contributed by atoms with Gasteiger partial charge >= 0.3 is 0 Å². The molecule has 1 N–H and O–H groups in total. The summed E-state index contributed by atoms with van der Waals surface area (Å²) in [5, 5.41) is 8.65. The van der Waals surface area contributed by atoms with Gasteiger partial charge in [-0.15, -0.1) is 0 Å². The molecule has 5 nitrogen and oxygen atoms in total. The number of aromatic amines is 1. The van der Waals surface area contributed by atoms with Gasteiger partial charge in [0.2, 0.25) is 0 Å². The van der Waals surface area contributed by atoms with Gasteiger partial charge in [-0.2, -0.15) is 5.26 Å². The van der Waals surface area contributed by atoms with Gasteiger partial charge in [0, 0.05) is 12.3 Å². The predicted octanol–water partition coefficient (Wildman–Crippen LogP) is 2.12. The quantitative estimate of drug-likeness (QED) is 0.907. The van der Waals surface area contributed by atoms with Crippen molar-refractivity contribution in [3.05, 3.63) is 46.9 Å². The molecule has 96 valence electrons. The second-order valence-electron chi connectivity index (χ2n) is 4.07. The standard InChI is InChI=1S/C14H13N3O2/c1-10(6-8-15)19-12-5-3-2-4-11(12)14-16-9-7-13(18)17-14/h2-5,7,9-10H,6H2,1H3,(H,16,17,18). The van der Waals surface area contributed by atoms with Crippen LogP contribution in [-0.4, -0.2) is 16.1 Å². The Bertz CT molecular complexity index is 658. The van der Waals surface area contributed by atoms with Crippen LogP contribution in [0.4, 0.5) is 0 Å². The van der Waals surface area contributed by atoms with Gasteiger partial charge in [0.05, 0.1) is 18.1 Å². The minimum atomic E-state index is -0.221. The number of hydrogen-bond donors (Lipinski definition) is 1. The highest BCUT2D eigenvalue weighted by Crippen LogP contribution is 2.27. The number of rotatable bonds is 4. The monoisotopic (exact) mass is 255 g/mol. The first kappa shape index (κ1) is 12.8. The number of para-hydroxylation sites is 1. The summed E-state index contributed by atoms with van der Waals surface area (Å²) in [7, 11) is 0. The summed E-state index contributed by atoms with van der Waals surface area (Å²) in [6.45, 7) is 1.82. The normalized spacial score (nSPS) is 11.6. The number of nitriles is 1. The maximum Gasteiger partial charge on any atom is 0.251 e. The fourth-order valence-corrected chi connectivity index (χ4v) is 1.66. The first-order chi connectivity index (χ1) is 9.20. The molecule has 1 heterocycles. The third-order valence-electron chi connectivity index (χ3n) is 2.52. The zero-order valence-electron chi connectivity index (χ0n) is 10.5. The maximum absolute atomic E-state index is 11.3. The van der Waals surface area contributed by atoms with E-state index >= 15 is 0 Å². The molecule has 0 aliphatic rings. The van der Waals surface area contributed by atoms with E-state index in [1.54, 1.807) is 6.07 Å². The summed E-state index contributed by atoms with van der Waals surface area (Å²) in [6.07, 6.45) is 1.53. The van der Waals surface area contributed by atoms with E-state index in [4.69, 9.17) is 10.00 Å². The summed E-state index contributed by atoms with van der Waals surface area (Å²) < 4.78 is 5.70. The molecule has 1 aromatic carbocycles. The van der Waals surface area contributed by atoms with Gasteiger partial charge in [-0.3, -0.25) is 4.79 Å². The molecular formula is C14H13N3O2. The Morgan fingerprint density at radius 2 is 2.21 bits per heavy atom. The predicted molar refractivity (Wildman–Crippen MR) is 70.6 cm³/mol. The van der Waals surface area contributed by atoms with Gasteiger partial charge in [0.25, 0.3) is 5.56 Å². The molecule has 1 aromatic heterocycles. The topological polar surface area (TPSA) is 78.8 Å². The van der Waals surface area contributed by atoms with Gasteiger partial charge in [-0.25, -0.2) is 4.98 Å². The second kappa shape index (κ2) is 5.83. The van der Waals surface area contributed by atoms with E-state index in [1.807, 2.05) is 25.1 Å². The Morgan fingerprint density at radius 3 is 2.95 bits per heavy atom. The molecule has 0 aliphatic carbocycles. The lowest BCUT2D eigenvalue weighted by Gasteiger charge is -2.14. The summed E-state index contributed by atoms with van der Waals surface area (Å²) >= 11 is 0. The van der Waals surface area contributed by atoms with E-state index in [2.05, 4.69) is 16.0 Å². The second-order valence-corrected chi connectivity index (χ2v) is 4.07. The zero-order chi connectivity index (χ0) is 13.7. The third-order valence-corrected chi connectivity index (χ3v) is 2.52. The minimum Gasteiger partial charge on any atom is -0.489 e. The van der Waals surface area contributed by atoms with E-state index < -0.39 is 0 Å². The summed E-state index contributed by atoms with van der Waals surface area (Å²) in [5.74, 6) is 1.05. The van der Waals surface area contributed by atoms with E-state index in [1.165, 1.54) is 12.3 Å². The third kappa shape index (κ3) is 3.19. The van der Waals surface area contributed by atoms with Crippen LogP contribution >= 0.6 is 0 Å². The average molecular weight is 255 g/mol. The van der Waals surface area contributed by atoms with Crippen LogP contribution in [0.25, 0.3) is 11.4 Å². The highest BCUT2D eigenvalue weighted by Gasteiger charge is 2.10. The molecule has 5 heteroatoms. The number of hydrogen-bond acceptors (Lipinski definition) is 4. The summed E-state index contributed by atoms with van der Waals surface area (Å²) in [6, 6.07) is 10.7. The Morgan fingerprint density at radius 1 is 1.42 bits per heavy atom. The fourth-order valence-electron chi connectivity index (χ4n) is 1.66. The SMILES string of the molecule is CC(CC#N)Oc1ccccc1-c1nccc(=O)[nH]1. The first-order valence-corrected chi connectivity index (χ1v) is 5.89. The van der Waals surface area contributed by atoms with Crippen molar-refractivity contribution in [1.29, 1.82) is 5.26 Å². The molecule has 0 fully saturated rings. The number of benzene rings is 1. The molecule has 1 atom stereocenters. The lowest BCUT2D eigenvalue weighted by molar-refractivity contribution is 0.228. The van der Waals surface area contributed by atoms with Crippen LogP contribution in [0.3, 0.4) is 0 Å². The molecule has 0 saturated heterocycles. The van der Waals surface area contributed by atoms with Crippen LogP contribution in [0.1, 0.15) is 13.3 Å². The van der Waals surface area contributed by atoms with Gasteiger partial charge in [-0.05, 0) is 19.1 Å². The van der Waals surface area contributed by atoms with Gasteiger partial charge < -0.3 is 9.72 Å². The Hall–Kier alpha value is -2.61. The van der Waals surface area contributed by atoms with Crippen LogP contribution in [0, 0.1) is 11.3 Å².